The molecule has 0 spiro atoms. The number of ether oxygens (including phenoxy) is 1. The van der Waals surface area contributed by atoms with Crippen LogP contribution in [0.2, 0.25) is 5.28 Å². The van der Waals surface area contributed by atoms with Gasteiger partial charge in [-0.05, 0) is 50.1 Å². The zero-order valence-corrected chi connectivity index (χ0v) is 12.6. The first-order chi connectivity index (χ1) is 8.95. The highest BCUT2D eigenvalue weighted by atomic mass is 35.5. The average Bonchev–Trinajstić information content (AvgIpc) is 2.59. The van der Waals surface area contributed by atoms with E-state index in [1.54, 1.807) is 0 Å². The lowest BCUT2D eigenvalue weighted by atomic mass is 9.98. The highest BCUT2D eigenvalue weighted by molar-refractivity contribution is 6.28. The molecule has 0 amide bonds. The van der Waals surface area contributed by atoms with Crippen LogP contribution in [0.1, 0.15) is 40.5 Å². The smallest absolute Gasteiger partial charge is 0.322 e. The lowest BCUT2D eigenvalue weighted by molar-refractivity contribution is 0.221. The maximum Gasteiger partial charge on any atom is 0.322 e. The molecule has 1 aliphatic rings. The fourth-order valence-electron chi connectivity index (χ4n) is 2.39. The first kappa shape index (κ1) is 14.3. The molecule has 0 radical (unpaired) electrons. The van der Waals surface area contributed by atoms with E-state index in [9.17, 15) is 0 Å². The molecule has 0 aliphatic heterocycles. The molecule has 106 valence electrons. The quantitative estimate of drug-likeness (QED) is 0.920. The van der Waals surface area contributed by atoms with Crippen molar-refractivity contribution in [3.05, 3.63) is 5.28 Å². The van der Waals surface area contributed by atoms with Gasteiger partial charge in [0.25, 0.3) is 0 Å². The summed E-state index contributed by atoms with van der Waals surface area (Å²) in [4.78, 5) is 12.3. The normalized spacial score (nSPS) is 26.7. The van der Waals surface area contributed by atoms with Gasteiger partial charge in [-0.25, -0.2) is 0 Å². The molecule has 0 saturated heterocycles. The number of nitrogens with zero attached hydrogens (tertiary/aromatic N) is 3. The molecule has 3 atom stereocenters. The first-order valence-electron chi connectivity index (χ1n) is 6.80. The summed E-state index contributed by atoms with van der Waals surface area (Å²) in [5.74, 6) is 1.83. The van der Waals surface area contributed by atoms with Gasteiger partial charge in [0.15, 0.2) is 0 Å². The fraction of sp³-hybridized carbons (Fsp3) is 0.769. The summed E-state index contributed by atoms with van der Waals surface area (Å²) in [6.45, 7) is 8.38. The number of anilines is 1. The number of rotatable bonds is 4. The second kappa shape index (κ2) is 5.90. The maximum atomic E-state index is 5.90. The third kappa shape index (κ3) is 3.69. The van der Waals surface area contributed by atoms with Gasteiger partial charge in [0.05, 0.1) is 6.10 Å². The van der Waals surface area contributed by atoms with Crippen molar-refractivity contribution in [2.24, 2.45) is 11.8 Å². The average molecular weight is 285 g/mol. The van der Waals surface area contributed by atoms with Gasteiger partial charge >= 0.3 is 6.01 Å². The van der Waals surface area contributed by atoms with Gasteiger partial charge < -0.3 is 10.1 Å². The Bertz CT molecular complexity index is 441. The van der Waals surface area contributed by atoms with Crippen molar-refractivity contribution < 1.29 is 4.74 Å². The third-order valence-corrected chi connectivity index (χ3v) is 3.88. The summed E-state index contributed by atoms with van der Waals surface area (Å²) >= 11 is 5.90. The minimum Gasteiger partial charge on any atom is -0.461 e. The summed E-state index contributed by atoms with van der Waals surface area (Å²) in [6, 6.07) is 0.663. The van der Waals surface area contributed by atoms with E-state index in [1.165, 1.54) is 6.42 Å². The van der Waals surface area contributed by atoms with Crippen LogP contribution in [0, 0.1) is 11.8 Å². The molecule has 3 unspecified atom stereocenters. The number of hydrogen-bond acceptors (Lipinski definition) is 5. The van der Waals surface area contributed by atoms with Gasteiger partial charge in [-0.3, -0.25) is 0 Å². The van der Waals surface area contributed by atoms with Gasteiger partial charge in [0, 0.05) is 6.04 Å². The molecular weight excluding hydrogens is 264 g/mol. The van der Waals surface area contributed by atoms with Crippen LogP contribution in [0.15, 0.2) is 0 Å². The van der Waals surface area contributed by atoms with E-state index in [0.717, 1.165) is 12.3 Å². The Morgan fingerprint density at radius 2 is 1.95 bits per heavy atom. The van der Waals surface area contributed by atoms with Crippen LogP contribution in [0.3, 0.4) is 0 Å². The largest absolute Gasteiger partial charge is 0.461 e. The lowest BCUT2D eigenvalue weighted by Gasteiger charge is -2.19. The van der Waals surface area contributed by atoms with Gasteiger partial charge in [-0.1, -0.05) is 13.8 Å². The fourth-order valence-corrected chi connectivity index (χ4v) is 2.55. The van der Waals surface area contributed by atoms with E-state index in [0.29, 0.717) is 17.9 Å². The van der Waals surface area contributed by atoms with Crippen molar-refractivity contribution in [3.8, 4) is 6.01 Å². The summed E-state index contributed by atoms with van der Waals surface area (Å²) in [5, 5.41) is 3.51. The molecule has 1 aromatic heterocycles. The monoisotopic (exact) mass is 284 g/mol. The highest BCUT2D eigenvalue weighted by Gasteiger charge is 2.30. The third-order valence-electron chi connectivity index (χ3n) is 3.71. The van der Waals surface area contributed by atoms with Crippen LogP contribution < -0.4 is 10.1 Å². The molecule has 1 saturated carbocycles. The van der Waals surface area contributed by atoms with Crippen molar-refractivity contribution in [2.45, 2.75) is 52.7 Å². The van der Waals surface area contributed by atoms with Crippen molar-refractivity contribution in [2.75, 3.05) is 5.32 Å². The second-order valence-electron chi connectivity index (χ2n) is 5.54. The van der Waals surface area contributed by atoms with Gasteiger partial charge in [-0.15, -0.1) is 0 Å². The van der Waals surface area contributed by atoms with E-state index in [1.807, 2.05) is 13.8 Å². The van der Waals surface area contributed by atoms with E-state index in [2.05, 4.69) is 34.1 Å². The summed E-state index contributed by atoms with van der Waals surface area (Å²) < 4.78 is 5.46. The zero-order valence-electron chi connectivity index (χ0n) is 11.9. The minimum atomic E-state index is 0.0109. The van der Waals surface area contributed by atoms with Crippen LogP contribution >= 0.6 is 11.6 Å². The van der Waals surface area contributed by atoms with E-state index < -0.39 is 0 Å². The summed E-state index contributed by atoms with van der Waals surface area (Å²) in [7, 11) is 0. The predicted octanol–water partition coefficient (Wildman–Crippen LogP) is 3.16. The van der Waals surface area contributed by atoms with Crippen LogP contribution in [0.4, 0.5) is 5.95 Å². The standard InChI is InChI=1S/C13H21ClN4O/c1-7(2)19-13-17-11(14)16-12(18-13)15-10-6-5-8(3)9(10)4/h7-10H,5-6H2,1-4H3,(H,15,16,17,18). The van der Waals surface area contributed by atoms with Gasteiger partial charge in [0.2, 0.25) is 11.2 Å². The summed E-state index contributed by atoms with van der Waals surface area (Å²) in [5.41, 5.74) is 0. The minimum absolute atomic E-state index is 0.0109. The molecule has 2 rings (SSSR count). The molecular formula is C13H21ClN4O. The molecule has 19 heavy (non-hydrogen) atoms. The molecule has 1 fully saturated rings. The van der Waals surface area contributed by atoms with Crippen molar-refractivity contribution in [1.29, 1.82) is 0 Å². The van der Waals surface area contributed by atoms with E-state index in [-0.39, 0.29) is 17.4 Å². The van der Waals surface area contributed by atoms with Crippen LogP contribution in [0.25, 0.3) is 0 Å². The Balaban J connectivity index is 2.09. The van der Waals surface area contributed by atoms with E-state index in [4.69, 9.17) is 16.3 Å². The van der Waals surface area contributed by atoms with Crippen LogP contribution in [-0.4, -0.2) is 27.1 Å². The van der Waals surface area contributed by atoms with Crippen molar-refractivity contribution >= 4 is 17.5 Å². The Morgan fingerprint density at radius 1 is 1.21 bits per heavy atom. The number of halogens is 1. The zero-order chi connectivity index (χ0) is 14.0. The summed E-state index contributed by atoms with van der Waals surface area (Å²) in [6.07, 6.45) is 2.37. The predicted molar refractivity (Wildman–Crippen MR) is 75.6 cm³/mol. The molecule has 5 nitrogen and oxygen atoms in total. The molecule has 6 heteroatoms. The molecule has 1 aliphatic carbocycles. The van der Waals surface area contributed by atoms with E-state index >= 15 is 0 Å². The highest BCUT2D eigenvalue weighted by Crippen LogP contribution is 2.32. The molecule has 0 aromatic carbocycles. The number of hydrogen-bond donors (Lipinski definition) is 1. The maximum absolute atomic E-state index is 5.90. The van der Waals surface area contributed by atoms with Crippen molar-refractivity contribution in [3.63, 3.8) is 0 Å². The van der Waals surface area contributed by atoms with Gasteiger partial charge in [-0.2, -0.15) is 15.0 Å². The van der Waals surface area contributed by atoms with Crippen LogP contribution in [-0.2, 0) is 0 Å². The molecule has 1 N–H and O–H groups in total. The Kier molecular flexibility index (Phi) is 4.45. The SMILES string of the molecule is CC(C)Oc1nc(Cl)nc(NC2CCC(C)C2C)n1. The van der Waals surface area contributed by atoms with Crippen LogP contribution in [0.5, 0.6) is 6.01 Å². The topological polar surface area (TPSA) is 59.9 Å². The molecule has 1 aromatic rings. The number of nitrogens with one attached hydrogen (secondary N) is 1. The first-order valence-corrected chi connectivity index (χ1v) is 7.18. The Hall–Kier alpha value is -1.10. The Morgan fingerprint density at radius 3 is 2.53 bits per heavy atom. The number of aromatic nitrogens is 3. The Labute approximate surface area is 119 Å². The lowest BCUT2D eigenvalue weighted by Crippen LogP contribution is -2.25. The van der Waals surface area contributed by atoms with Gasteiger partial charge in [0.1, 0.15) is 0 Å². The molecule has 0 bridgehead atoms. The van der Waals surface area contributed by atoms with Crippen molar-refractivity contribution in [1.82, 2.24) is 15.0 Å². The second-order valence-corrected chi connectivity index (χ2v) is 5.88. The molecule has 1 heterocycles.